The third kappa shape index (κ3) is 1.25. The predicted octanol–water partition coefficient (Wildman–Crippen LogP) is 3.59. The van der Waals surface area contributed by atoms with Crippen LogP contribution in [0.5, 0.6) is 0 Å². The molecule has 0 atom stereocenters. The Bertz CT molecular complexity index is 396. The fraction of sp³-hybridized carbons (Fsp3) is 0.250. The van der Waals surface area contributed by atoms with Gasteiger partial charge >= 0.3 is 0 Å². The van der Waals surface area contributed by atoms with E-state index in [1.165, 1.54) is 16.7 Å². The van der Waals surface area contributed by atoms with E-state index in [1.807, 2.05) is 12.1 Å². The maximum Gasteiger partial charge on any atom is 0.191 e. The van der Waals surface area contributed by atoms with Crippen molar-refractivity contribution in [2.45, 2.75) is 19.3 Å². The van der Waals surface area contributed by atoms with Crippen molar-refractivity contribution in [3.05, 3.63) is 47.3 Å². The Kier molecular flexibility index (Phi) is 1.90. The molecular weight excluding hydrogens is 158 g/mol. The molecule has 2 rings (SSSR count). The number of hydrogen-bond donors (Lipinski definition) is 0. The molecule has 0 saturated heterocycles. The number of benzene rings is 1. The van der Waals surface area contributed by atoms with Gasteiger partial charge in [-0.2, -0.15) is 0 Å². The van der Waals surface area contributed by atoms with Gasteiger partial charge in [-0.25, -0.2) is 4.85 Å². The zero-order chi connectivity index (χ0) is 9.26. The van der Waals surface area contributed by atoms with E-state index in [0.29, 0.717) is 0 Å². The summed E-state index contributed by atoms with van der Waals surface area (Å²) in [7, 11) is 0. The molecule has 0 spiro atoms. The van der Waals surface area contributed by atoms with Gasteiger partial charge in [0.1, 0.15) is 0 Å². The van der Waals surface area contributed by atoms with Crippen LogP contribution >= 0.6 is 0 Å². The molecule has 1 aromatic rings. The molecular formula is C12H11N. The first-order valence-corrected chi connectivity index (χ1v) is 4.50. The molecule has 0 N–H and O–H groups in total. The number of hydrogen-bond acceptors (Lipinski definition) is 0. The summed E-state index contributed by atoms with van der Waals surface area (Å²) < 4.78 is 0. The van der Waals surface area contributed by atoms with Crippen LogP contribution in [0.2, 0.25) is 0 Å². The van der Waals surface area contributed by atoms with Crippen LogP contribution in [-0.4, -0.2) is 0 Å². The molecule has 1 heteroatoms. The minimum absolute atomic E-state index is 0.804. The van der Waals surface area contributed by atoms with Gasteiger partial charge in [-0.15, -0.1) is 0 Å². The molecule has 0 unspecified atom stereocenters. The van der Waals surface area contributed by atoms with Crippen molar-refractivity contribution in [2.24, 2.45) is 0 Å². The maximum absolute atomic E-state index is 7.04. The normalized spacial score (nSPS) is 14.8. The summed E-state index contributed by atoms with van der Waals surface area (Å²) in [4.78, 5) is 3.53. The van der Waals surface area contributed by atoms with Crippen LogP contribution in [0.1, 0.15) is 24.0 Å². The van der Waals surface area contributed by atoms with E-state index < -0.39 is 0 Å². The fourth-order valence-corrected chi connectivity index (χ4v) is 1.89. The van der Waals surface area contributed by atoms with Crippen LogP contribution in [0.4, 0.5) is 5.69 Å². The monoisotopic (exact) mass is 169 g/mol. The van der Waals surface area contributed by atoms with Crippen LogP contribution in [0.3, 0.4) is 0 Å². The summed E-state index contributed by atoms with van der Waals surface area (Å²) in [6.07, 6.45) is 3.25. The predicted molar refractivity (Wildman–Crippen MR) is 54.7 cm³/mol. The Labute approximate surface area is 78.5 Å². The summed E-state index contributed by atoms with van der Waals surface area (Å²) >= 11 is 0. The Morgan fingerprint density at radius 3 is 2.92 bits per heavy atom. The molecule has 1 nitrogen and oxygen atoms in total. The molecule has 0 fully saturated rings. The molecule has 1 aromatic carbocycles. The number of nitrogens with zero attached hydrogens (tertiary/aromatic N) is 1. The zero-order valence-corrected chi connectivity index (χ0v) is 7.51. The molecule has 0 aromatic heterocycles. The molecule has 0 bridgehead atoms. The van der Waals surface area contributed by atoms with Crippen LogP contribution in [0.15, 0.2) is 24.8 Å². The summed E-state index contributed by atoms with van der Waals surface area (Å²) in [6, 6.07) is 5.92. The lowest BCUT2D eigenvalue weighted by Gasteiger charge is -2.18. The van der Waals surface area contributed by atoms with Gasteiger partial charge < -0.3 is 0 Å². The van der Waals surface area contributed by atoms with E-state index in [4.69, 9.17) is 6.57 Å². The highest BCUT2D eigenvalue weighted by molar-refractivity contribution is 5.73. The topological polar surface area (TPSA) is 4.36 Å². The van der Waals surface area contributed by atoms with Gasteiger partial charge in [0.05, 0.1) is 6.57 Å². The number of allylic oxidation sites excluding steroid dienone is 1. The highest BCUT2D eigenvalue weighted by atomic mass is 14.6. The molecule has 0 aliphatic heterocycles. The van der Waals surface area contributed by atoms with Gasteiger partial charge in [0.2, 0.25) is 0 Å². The van der Waals surface area contributed by atoms with E-state index >= 15 is 0 Å². The first-order chi connectivity index (χ1) is 6.33. The van der Waals surface area contributed by atoms with E-state index in [9.17, 15) is 0 Å². The molecule has 13 heavy (non-hydrogen) atoms. The number of fused-ring (bicyclic) bond motifs is 1. The highest BCUT2D eigenvalue weighted by Gasteiger charge is 2.14. The fourth-order valence-electron chi connectivity index (χ4n) is 1.89. The summed E-state index contributed by atoms with van der Waals surface area (Å²) in [5.41, 5.74) is 4.40. The summed E-state index contributed by atoms with van der Waals surface area (Å²) in [5.74, 6) is 0. The standard InChI is InChI=1S/C12H11N/c1-9-5-3-7-11-10(9)6-4-8-12(11)13-2/h4,6,8H,1,3,5,7H2. The molecule has 1 aliphatic rings. The quantitative estimate of drug-likeness (QED) is 0.523. The van der Waals surface area contributed by atoms with Crippen molar-refractivity contribution in [1.29, 1.82) is 0 Å². The van der Waals surface area contributed by atoms with E-state index in [1.54, 1.807) is 0 Å². The van der Waals surface area contributed by atoms with E-state index in [0.717, 1.165) is 24.9 Å². The minimum atomic E-state index is 0.804. The second kappa shape index (κ2) is 3.06. The zero-order valence-electron chi connectivity index (χ0n) is 7.51. The molecule has 0 radical (unpaired) electrons. The van der Waals surface area contributed by atoms with Gasteiger partial charge in [0, 0.05) is 0 Å². The smallest absolute Gasteiger partial charge is 0.191 e. The Morgan fingerprint density at radius 1 is 1.31 bits per heavy atom. The Hall–Kier alpha value is -1.55. The van der Waals surface area contributed by atoms with Gasteiger partial charge in [-0.05, 0) is 36.0 Å². The molecule has 0 amide bonds. The van der Waals surface area contributed by atoms with Crippen molar-refractivity contribution in [3.63, 3.8) is 0 Å². The lowest BCUT2D eigenvalue weighted by atomic mass is 9.87. The lowest BCUT2D eigenvalue weighted by Crippen LogP contribution is -2.00. The Balaban J connectivity index is 2.63. The first-order valence-electron chi connectivity index (χ1n) is 4.50. The van der Waals surface area contributed by atoms with Crippen molar-refractivity contribution in [2.75, 3.05) is 0 Å². The van der Waals surface area contributed by atoms with Crippen molar-refractivity contribution in [1.82, 2.24) is 0 Å². The van der Waals surface area contributed by atoms with E-state index in [2.05, 4.69) is 17.5 Å². The molecule has 64 valence electrons. The number of rotatable bonds is 0. The highest BCUT2D eigenvalue weighted by Crippen LogP contribution is 2.34. The van der Waals surface area contributed by atoms with Gasteiger partial charge in [-0.3, -0.25) is 0 Å². The average molecular weight is 169 g/mol. The van der Waals surface area contributed by atoms with Crippen molar-refractivity contribution >= 4 is 11.3 Å². The molecule has 0 saturated carbocycles. The van der Waals surface area contributed by atoms with Crippen LogP contribution in [0, 0.1) is 6.57 Å². The molecule has 0 heterocycles. The largest absolute Gasteiger partial charge is 0.238 e. The van der Waals surface area contributed by atoms with Crippen LogP contribution < -0.4 is 0 Å². The maximum atomic E-state index is 7.04. The van der Waals surface area contributed by atoms with Crippen molar-refractivity contribution < 1.29 is 0 Å². The Morgan fingerprint density at radius 2 is 2.15 bits per heavy atom. The van der Waals surface area contributed by atoms with Crippen LogP contribution in [-0.2, 0) is 6.42 Å². The second-order valence-electron chi connectivity index (χ2n) is 3.37. The lowest BCUT2D eigenvalue weighted by molar-refractivity contribution is 0.826. The first kappa shape index (κ1) is 8.07. The van der Waals surface area contributed by atoms with Gasteiger partial charge in [0.15, 0.2) is 5.69 Å². The van der Waals surface area contributed by atoms with E-state index in [-0.39, 0.29) is 0 Å². The van der Waals surface area contributed by atoms with Gasteiger partial charge in [0.25, 0.3) is 0 Å². The average Bonchev–Trinajstić information content (AvgIpc) is 2.18. The van der Waals surface area contributed by atoms with Crippen LogP contribution in [0.25, 0.3) is 10.4 Å². The van der Waals surface area contributed by atoms with Crippen molar-refractivity contribution in [3.8, 4) is 0 Å². The SMILES string of the molecule is [C-]#[N+]c1cccc2c1CCCC2=C. The summed E-state index contributed by atoms with van der Waals surface area (Å²) in [6.45, 7) is 11.1. The van der Waals surface area contributed by atoms with Gasteiger partial charge in [-0.1, -0.05) is 24.8 Å². The molecule has 1 aliphatic carbocycles. The summed E-state index contributed by atoms with van der Waals surface area (Å²) in [5, 5.41) is 0. The minimum Gasteiger partial charge on any atom is -0.238 e. The third-order valence-corrected chi connectivity index (χ3v) is 2.56. The third-order valence-electron chi connectivity index (χ3n) is 2.56. The second-order valence-corrected chi connectivity index (χ2v) is 3.37.